The normalized spacial score (nSPS) is 12.4. The molecule has 0 heterocycles. The lowest BCUT2D eigenvalue weighted by molar-refractivity contribution is -0.150. The Kier molecular flexibility index (Phi) is 14.6. The molecule has 1 rings (SSSR count). The molecule has 0 spiro atoms. The van der Waals surface area contributed by atoms with Gasteiger partial charge in [0.05, 0.1) is 6.54 Å². The molecule has 0 radical (unpaired) electrons. The molecule has 2 atom stereocenters. The summed E-state index contributed by atoms with van der Waals surface area (Å²) in [5.41, 5.74) is -0.942. The van der Waals surface area contributed by atoms with Crippen molar-refractivity contribution in [3.8, 4) is 0 Å². The number of amides is 5. The molecule has 0 aliphatic carbocycles. The molecule has 1 aromatic rings. The highest BCUT2D eigenvalue weighted by Gasteiger charge is 2.28. The van der Waals surface area contributed by atoms with Crippen LogP contribution in [0, 0.1) is 0 Å². The standard InChI is InChI=1S/C28H41N5O11/c1-27(2,3)43-25(40)30-13-20(34)29-14-21(35)32-18(12-17-10-8-7-9-11-17)23(37)33-19(24(38)39)16-42-22(36)15-31-26(41)44-28(4,5)6/h7-11,18-19H,12-16H2,1-6H3,(H,29,34)(H,30,40)(H,31,41)(H,32,35)(H,33,37)(H,38,39)/t18-,19-/m0/s1. The summed E-state index contributed by atoms with van der Waals surface area (Å²) in [5.74, 6) is -4.90. The average Bonchev–Trinajstić information content (AvgIpc) is 2.89. The zero-order chi connectivity index (χ0) is 33.5. The van der Waals surface area contributed by atoms with E-state index in [1.807, 2.05) is 0 Å². The van der Waals surface area contributed by atoms with Gasteiger partial charge in [0.25, 0.3) is 0 Å². The molecule has 0 aromatic heterocycles. The van der Waals surface area contributed by atoms with E-state index in [-0.39, 0.29) is 6.42 Å². The van der Waals surface area contributed by atoms with Gasteiger partial charge in [-0.15, -0.1) is 0 Å². The van der Waals surface area contributed by atoms with Gasteiger partial charge < -0.3 is 45.9 Å². The van der Waals surface area contributed by atoms with Gasteiger partial charge in [0.2, 0.25) is 17.7 Å². The molecule has 6 N–H and O–H groups in total. The summed E-state index contributed by atoms with van der Waals surface area (Å²) in [6.07, 6.45) is -1.75. The second-order valence-electron chi connectivity index (χ2n) is 11.4. The Balaban J connectivity index is 2.75. The number of carboxylic acid groups (broad SMARTS) is 1. The Hall–Kier alpha value is -4.89. The van der Waals surface area contributed by atoms with Crippen LogP contribution in [0.1, 0.15) is 47.1 Å². The number of hydrogen-bond donors (Lipinski definition) is 6. The van der Waals surface area contributed by atoms with E-state index >= 15 is 0 Å². The molecule has 44 heavy (non-hydrogen) atoms. The van der Waals surface area contributed by atoms with Gasteiger partial charge in [-0.05, 0) is 47.1 Å². The molecule has 0 aliphatic rings. The zero-order valence-electron chi connectivity index (χ0n) is 25.6. The van der Waals surface area contributed by atoms with Gasteiger partial charge in [-0.2, -0.15) is 0 Å². The van der Waals surface area contributed by atoms with Crippen molar-refractivity contribution in [1.82, 2.24) is 26.6 Å². The maximum Gasteiger partial charge on any atom is 0.408 e. The zero-order valence-corrected chi connectivity index (χ0v) is 25.6. The number of carbonyl (C=O) groups is 7. The van der Waals surface area contributed by atoms with E-state index in [9.17, 15) is 38.7 Å². The van der Waals surface area contributed by atoms with Gasteiger partial charge in [0.1, 0.15) is 36.9 Å². The molecule has 0 aliphatic heterocycles. The van der Waals surface area contributed by atoms with Crippen molar-refractivity contribution >= 4 is 41.8 Å². The number of benzene rings is 1. The van der Waals surface area contributed by atoms with Crippen molar-refractivity contribution in [2.45, 2.75) is 71.2 Å². The number of carboxylic acids is 1. The van der Waals surface area contributed by atoms with Gasteiger partial charge >= 0.3 is 24.1 Å². The van der Waals surface area contributed by atoms with Crippen molar-refractivity contribution in [3.63, 3.8) is 0 Å². The van der Waals surface area contributed by atoms with Crippen LogP contribution in [0.3, 0.4) is 0 Å². The smallest absolute Gasteiger partial charge is 0.408 e. The van der Waals surface area contributed by atoms with E-state index < -0.39 is 91.4 Å². The molecular formula is C28H41N5O11. The number of rotatable bonds is 14. The Morgan fingerprint density at radius 3 is 1.75 bits per heavy atom. The van der Waals surface area contributed by atoms with Crippen molar-refractivity contribution in [3.05, 3.63) is 35.9 Å². The van der Waals surface area contributed by atoms with E-state index in [4.69, 9.17) is 14.2 Å². The SMILES string of the molecule is CC(C)(C)OC(=O)NCC(=O)NCC(=O)N[C@@H](Cc1ccccc1)C(=O)N[C@@H](COC(=O)CNC(=O)OC(C)(C)C)C(=O)O. The van der Waals surface area contributed by atoms with Crippen molar-refractivity contribution in [2.75, 3.05) is 26.2 Å². The monoisotopic (exact) mass is 623 g/mol. The van der Waals surface area contributed by atoms with Crippen molar-refractivity contribution in [2.24, 2.45) is 0 Å². The third-order valence-electron chi connectivity index (χ3n) is 4.97. The number of hydrogen-bond acceptors (Lipinski definition) is 10. The first-order valence-corrected chi connectivity index (χ1v) is 13.6. The Bertz CT molecular complexity index is 1180. The maximum atomic E-state index is 13.1. The number of ether oxygens (including phenoxy) is 3. The van der Waals surface area contributed by atoms with Gasteiger partial charge in [-0.25, -0.2) is 14.4 Å². The highest BCUT2D eigenvalue weighted by Crippen LogP contribution is 2.07. The largest absolute Gasteiger partial charge is 0.480 e. The van der Waals surface area contributed by atoms with Gasteiger partial charge in [-0.3, -0.25) is 19.2 Å². The van der Waals surface area contributed by atoms with Crippen LogP contribution in [0.4, 0.5) is 9.59 Å². The molecule has 16 heteroatoms. The van der Waals surface area contributed by atoms with Crippen LogP contribution in [-0.4, -0.2) is 96.5 Å². The quantitative estimate of drug-likeness (QED) is 0.119. The summed E-state index contributed by atoms with van der Waals surface area (Å²) in [6.45, 7) is 7.41. The predicted octanol–water partition coefficient (Wildman–Crippen LogP) is -0.00790. The van der Waals surface area contributed by atoms with Crippen LogP contribution < -0.4 is 26.6 Å². The predicted molar refractivity (Wildman–Crippen MR) is 154 cm³/mol. The molecule has 5 amide bonds. The fourth-order valence-electron chi connectivity index (χ4n) is 3.15. The van der Waals surface area contributed by atoms with Crippen LogP contribution in [0.15, 0.2) is 30.3 Å². The molecule has 1 aromatic carbocycles. The first-order valence-electron chi connectivity index (χ1n) is 13.6. The molecular weight excluding hydrogens is 582 g/mol. The first-order chi connectivity index (χ1) is 20.3. The Morgan fingerprint density at radius 2 is 1.23 bits per heavy atom. The summed E-state index contributed by atoms with van der Waals surface area (Å²) in [7, 11) is 0. The van der Waals surface area contributed by atoms with E-state index in [2.05, 4.69) is 26.6 Å². The number of carbonyl (C=O) groups excluding carboxylic acids is 6. The molecule has 0 fully saturated rings. The van der Waals surface area contributed by atoms with Gasteiger partial charge in [0.15, 0.2) is 6.04 Å². The van der Waals surface area contributed by atoms with Crippen LogP contribution in [0.2, 0.25) is 0 Å². The molecule has 0 unspecified atom stereocenters. The topological polar surface area (TPSA) is 228 Å². The summed E-state index contributed by atoms with van der Waals surface area (Å²) < 4.78 is 14.9. The number of nitrogens with one attached hydrogen (secondary N) is 5. The fourth-order valence-corrected chi connectivity index (χ4v) is 3.15. The van der Waals surface area contributed by atoms with Crippen LogP contribution in [0.5, 0.6) is 0 Å². The third kappa shape index (κ3) is 17.2. The van der Waals surface area contributed by atoms with E-state index in [1.165, 1.54) is 0 Å². The van der Waals surface area contributed by atoms with Crippen molar-refractivity contribution in [1.29, 1.82) is 0 Å². The van der Waals surface area contributed by atoms with Crippen LogP contribution >= 0.6 is 0 Å². The Labute approximate surface area is 254 Å². The average molecular weight is 624 g/mol. The summed E-state index contributed by atoms with van der Waals surface area (Å²) >= 11 is 0. The van der Waals surface area contributed by atoms with Gasteiger partial charge in [-0.1, -0.05) is 30.3 Å². The van der Waals surface area contributed by atoms with Crippen LogP contribution in [-0.2, 0) is 44.6 Å². The summed E-state index contributed by atoms with van der Waals surface area (Å²) in [6, 6.07) is 5.54. The highest BCUT2D eigenvalue weighted by molar-refractivity contribution is 5.92. The van der Waals surface area contributed by atoms with E-state index in [0.717, 1.165) is 0 Å². The lowest BCUT2D eigenvalue weighted by atomic mass is 10.0. The minimum Gasteiger partial charge on any atom is -0.480 e. The number of alkyl carbamates (subject to hydrolysis) is 2. The minimum absolute atomic E-state index is 0.0432. The number of aliphatic carboxylic acids is 1. The summed E-state index contributed by atoms with van der Waals surface area (Å²) in [5, 5.41) is 20.9. The van der Waals surface area contributed by atoms with E-state index in [0.29, 0.717) is 5.56 Å². The fraction of sp³-hybridized carbons (Fsp3) is 0.536. The van der Waals surface area contributed by atoms with Crippen molar-refractivity contribution < 1.29 is 52.9 Å². The second kappa shape index (κ2) is 17.3. The van der Waals surface area contributed by atoms with Gasteiger partial charge in [0, 0.05) is 6.42 Å². The maximum absolute atomic E-state index is 13.1. The first kappa shape index (κ1) is 37.1. The molecule has 244 valence electrons. The highest BCUT2D eigenvalue weighted by atomic mass is 16.6. The molecule has 0 saturated heterocycles. The lowest BCUT2D eigenvalue weighted by Gasteiger charge is -2.22. The number of esters is 1. The van der Waals surface area contributed by atoms with Crippen LogP contribution in [0.25, 0.3) is 0 Å². The minimum atomic E-state index is -1.69. The Morgan fingerprint density at radius 1 is 0.705 bits per heavy atom. The molecule has 0 bridgehead atoms. The summed E-state index contributed by atoms with van der Waals surface area (Å²) in [4.78, 5) is 84.8. The lowest BCUT2D eigenvalue weighted by Crippen LogP contribution is -2.55. The second-order valence-corrected chi connectivity index (χ2v) is 11.4. The third-order valence-corrected chi connectivity index (χ3v) is 4.97. The molecule has 0 saturated carbocycles. The van der Waals surface area contributed by atoms with E-state index in [1.54, 1.807) is 71.9 Å². The molecule has 16 nitrogen and oxygen atoms in total.